The fourth-order valence-corrected chi connectivity index (χ4v) is 3.63. The van der Waals surface area contributed by atoms with E-state index in [0.717, 1.165) is 5.56 Å². The Kier molecular flexibility index (Phi) is 5.05. The van der Waals surface area contributed by atoms with E-state index < -0.39 is 23.8 Å². The van der Waals surface area contributed by atoms with Crippen LogP contribution < -0.4 is 16.0 Å². The standard InChI is InChI=1S/C20H15FN4O3S/c21-12-7-5-11(6-8-12)16-10-29-20(24-16)25-17(26)9-15-19(28)22-14-4-2-1-3-13(14)18(27)23-15/h1-8,10,15H,9H2,(H,22,28)(H,23,27)(H,24,25,26)/t15-/m0/s1. The van der Waals surface area contributed by atoms with Gasteiger partial charge in [-0.2, -0.15) is 0 Å². The van der Waals surface area contributed by atoms with E-state index in [1.165, 1.54) is 23.5 Å². The van der Waals surface area contributed by atoms with E-state index in [2.05, 4.69) is 20.9 Å². The number of fused-ring (bicyclic) bond motifs is 1. The van der Waals surface area contributed by atoms with Crippen LogP contribution in [0.1, 0.15) is 16.8 Å². The maximum atomic E-state index is 13.0. The topological polar surface area (TPSA) is 100 Å². The van der Waals surface area contributed by atoms with Gasteiger partial charge in [0.15, 0.2) is 5.13 Å². The molecule has 1 aromatic heterocycles. The normalized spacial score (nSPS) is 15.7. The summed E-state index contributed by atoms with van der Waals surface area (Å²) in [5.41, 5.74) is 2.06. The average Bonchev–Trinajstić information content (AvgIpc) is 3.12. The summed E-state index contributed by atoms with van der Waals surface area (Å²) in [7, 11) is 0. The van der Waals surface area contributed by atoms with Crippen molar-refractivity contribution in [3.63, 3.8) is 0 Å². The molecule has 0 saturated carbocycles. The van der Waals surface area contributed by atoms with Gasteiger partial charge in [-0.3, -0.25) is 14.4 Å². The summed E-state index contributed by atoms with van der Waals surface area (Å²) in [6.07, 6.45) is -0.239. The number of para-hydroxylation sites is 1. The number of anilines is 2. The molecule has 0 aliphatic carbocycles. The molecular formula is C20H15FN4O3S. The van der Waals surface area contributed by atoms with Crippen LogP contribution >= 0.6 is 11.3 Å². The Morgan fingerprint density at radius 3 is 2.69 bits per heavy atom. The Balaban J connectivity index is 1.42. The first-order chi connectivity index (χ1) is 14.0. The fourth-order valence-electron chi connectivity index (χ4n) is 2.90. The Labute approximate surface area is 169 Å². The summed E-state index contributed by atoms with van der Waals surface area (Å²) in [6, 6.07) is 11.5. The predicted octanol–water partition coefficient (Wildman–Crippen LogP) is 3.03. The number of halogens is 1. The Bertz CT molecular complexity index is 1100. The number of rotatable bonds is 4. The summed E-state index contributed by atoms with van der Waals surface area (Å²) in [4.78, 5) is 41.4. The van der Waals surface area contributed by atoms with Crippen LogP contribution in [0.2, 0.25) is 0 Å². The minimum atomic E-state index is -1.01. The average molecular weight is 410 g/mol. The van der Waals surface area contributed by atoms with Crippen LogP contribution in [-0.2, 0) is 9.59 Å². The molecule has 0 unspecified atom stereocenters. The number of amides is 3. The summed E-state index contributed by atoms with van der Waals surface area (Å²) >= 11 is 1.21. The molecule has 7 nitrogen and oxygen atoms in total. The highest BCUT2D eigenvalue weighted by Crippen LogP contribution is 2.25. The molecule has 146 valence electrons. The molecular weight excluding hydrogens is 395 g/mol. The zero-order valence-corrected chi connectivity index (χ0v) is 15.8. The van der Waals surface area contributed by atoms with Gasteiger partial charge in [0, 0.05) is 10.9 Å². The Morgan fingerprint density at radius 2 is 1.90 bits per heavy atom. The van der Waals surface area contributed by atoms with Gasteiger partial charge in [0.25, 0.3) is 5.91 Å². The van der Waals surface area contributed by atoms with E-state index in [-0.39, 0.29) is 12.2 Å². The molecule has 29 heavy (non-hydrogen) atoms. The zero-order chi connectivity index (χ0) is 20.4. The highest BCUT2D eigenvalue weighted by Gasteiger charge is 2.29. The first-order valence-corrected chi connectivity index (χ1v) is 9.59. The van der Waals surface area contributed by atoms with Gasteiger partial charge in [0.1, 0.15) is 11.9 Å². The van der Waals surface area contributed by atoms with Crippen molar-refractivity contribution < 1.29 is 18.8 Å². The monoisotopic (exact) mass is 410 g/mol. The molecule has 1 aliphatic heterocycles. The van der Waals surface area contributed by atoms with E-state index in [9.17, 15) is 18.8 Å². The van der Waals surface area contributed by atoms with E-state index in [4.69, 9.17) is 0 Å². The maximum Gasteiger partial charge on any atom is 0.254 e. The van der Waals surface area contributed by atoms with Crippen LogP contribution in [0.3, 0.4) is 0 Å². The number of nitrogens with zero attached hydrogens (tertiary/aromatic N) is 1. The lowest BCUT2D eigenvalue weighted by Crippen LogP contribution is -2.43. The highest BCUT2D eigenvalue weighted by atomic mass is 32.1. The van der Waals surface area contributed by atoms with E-state index >= 15 is 0 Å². The third kappa shape index (κ3) is 4.14. The minimum absolute atomic E-state index is 0.239. The first kappa shape index (κ1) is 18.8. The smallest absolute Gasteiger partial charge is 0.254 e. The van der Waals surface area contributed by atoms with Crippen LogP contribution in [-0.4, -0.2) is 28.7 Å². The first-order valence-electron chi connectivity index (χ1n) is 8.71. The Hall–Kier alpha value is -3.59. The lowest BCUT2D eigenvalue weighted by molar-refractivity contribution is -0.122. The number of carbonyl (C=O) groups excluding carboxylic acids is 3. The van der Waals surface area contributed by atoms with Gasteiger partial charge in [-0.1, -0.05) is 12.1 Å². The van der Waals surface area contributed by atoms with Crippen molar-refractivity contribution in [1.29, 1.82) is 0 Å². The summed E-state index contributed by atoms with van der Waals surface area (Å²) in [5.74, 6) is -1.70. The van der Waals surface area contributed by atoms with Crippen molar-refractivity contribution in [2.24, 2.45) is 0 Å². The fraction of sp³-hybridized carbons (Fsp3) is 0.100. The Morgan fingerprint density at radius 1 is 1.14 bits per heavy atom. The van der Waals surface area contributed by atoms with Gasteiger partial charge in [-0.25, -0.2) is 9.37 Å². The second kappa shape index (κ2) is 7.80. The van der Waals surface area contributed by atoms with Crippen molar-refractivity contribution in [3.8, 4) is 11.3 Å². The third-order valence-electron chi connectivity index (χ3n) is 4.33. The largest absolute Gasteiger partial charge is 0.340 e. The molecule has 3 aromatic rings. The van der Waals surface area contributed by atoms with Crippen LogP contribution in [0.5, 0.6) is 0 Å². The molecule has 1 atom stereocenters. The summed E-state index contributed by atoms with van der Waals surface area (Å²) < 4.78 is 13.0. The van der Waals surface area contributed by atoms with Crippen LogP contribution in [0.25, 0.3) is 11.3 Å². The molecule has 1 aliphatic rings. The number of thiazole rings is 1. The quantitative estimate of drug-likeness (QED) is 0.616. The van der Waals surface area contributed by atoms with E-state index in [1.807, 2.05) is 0 Å². The van der Waals surface area contributed by atoms with E-state index in [0.29, 0.717) is 22.1 Å². The lowest BCUT2D eigenvalue weighted by atomic mass is 10.1. The number of aromatic nitrogens is 1. The van der Waals surface area contributed by atoms with Gasteiger partial charge < -0.3 is 16.0 Å². The molecule has 0 radical (unpaired) electrons. The van der Waals surface area contributed by atoms with Gasteiger partial charge in [-0.15, -0.1) is 11.3 Å². The van der Waals surface area contributed by atoms with Crippen LogP contribution in [0.15, 0.2) is 53.9 Å². The predicted molar refractivity (Wildman–Crippen MR) is 107 cm³/mol. The van der Waals surface area contributed by atoms with Crippen LogP contribution in [0, 0.1) is 5.82 Å². The lowest BCUT2D eigenvalue weighted by Gasteiger charge is -2.13. The number of benzene rings is 2. The molecule has 2 heterocycles. The molecule has 9 heteroatoms. The molecule has 2 aromatic carbocycles. The van der Waals surface area contributed by atoms with Gasteiger partial charge in [0.2, 0.25) is 11.8 Å². The summed E-state index contributed by atoms with van der Waals surface area (Å²) in [6.45, 7) is 0. The highest BCUT2D eigenvalue weighted by molar-refractivity contribution is 7.14. The number of hydrogen-bond acceptors (Lipinski definition) is 5. The van der Waals surface area contributed by atoms with Crippen LogP contribution in [0.4, 0.5) is 15.2 Å². The zero-order valence-electron chi connectivity index (χ0n) is 14.9. The molecule has 0 spiro atoms. The van der Waals surface area contributed by atoms with Crippen molar-refractivity contribution in [3.05, 3.63) is 65.3 Å². The summed E-state index contributed by atoms with van der Waals surface area (Å²) in [5, 5.41) is 9.94. The molecule has 0 fully saturated rings. The van der Waals surface area contributed by atoms with Crippen molar-refractivity contribution in [1.82, 2.24) is 10.3 Å². The molecule has 0 bridgehead atoms. The molecule has 3 N–H and O–H groups in total. The number of nitrogens with one attached hydrogen (secondary N) is 3. The molecule has 4 rings (SSSR count). The number of hydrogen-bond donors (Lipinski definition) is 3. The van der Waals surface area contributed by atoms with Gasteiger partial charge >= 0.3 is 0 Å². The van der Waals surface area contributed by atoms with Crippen molar-refractivity contribution >= 4 is 39.9 Å². The van der Waals surface area contributed by atoms with Crippen molar-refractivity contribution in [2.75, 3.05) is 10.6 Å². The molecule has 0 saturated heterocycles. The minimum Gasteiger partial charge on any atom is -0.340 e. The van der Waals surface area contributed by atoms with Crippen molar-refractivity contribution in [2.45, 2.75) is 12.5 Å². The SMILES string of the molecule is O=C(C[C@@H]1NC(=O)c2ccccc2NC1=O)Nc1nc(-c2ccc(F)cc2)cs1. The molecule has 3 amide bonds. The number of carbonyl (C=O) groups is 3. The second-order valence-corrected chi connectivity index (χ2v) is 7.22. The third-order valence-corrected chi connectivity index (χ3v) is 5.09. The van der Waals surface area contributed by atoms with Gasteiger partial charge in [0.05, 0.1) is 23.4 Å². The maximum absolute atomic E-state index is 13.0. The van der Waals surface area contributed by atoms with Gasteiger partial charge in [-0.05, 0) is 36.4 Å². The van der Waals surface area contributed by atoms with E-state index in [1.54, 1.807) is 41.8 Å². The second-order valence-electron chi connectivity index (χ2n) is 6.36.